The number of hydrogen-bond acceptors (Lipinski definition) is 2. The highest BCUT2D eigenvalue weighted by atomic mass is 16.5. The minimum absolute atomic E-state index is 0.128. The Hall–Kier alpha value is -2.33. The molecule has 1 aliphatic carbocycles. The van der Waals surface area contributed by atoms with Crippen LogP contribution in [0.1, 0.15) is 29.9 Å². The van der Waals surface area contributed by atoms with E-state index in [9.17, 15) is 4.79 Å². The number of ether oxygens (including phenoxy) is 1. The highest BCUT2D eigenvalue weighted by Crippen LogP contribution is 2.44. The molecular formula is C20H23N2O2+. The molecule has 1 saturated heterocycles. The van der Waals surface area contributed by atoms with Crippen LogP contribution in [0.15, 0.2) is 48.5 Å². The summed E-state index contributed by atoms with van der Waals surface area (Å²) in [5.74, 6) is 0.128. The second-order valence-corrected chi connectivity index (χ2v) is 6.61. The van der Waals surface area contributed by atoms with Gasteiger partial charge in [0.15, 0.2) is 0 Å². The lowest BCUT2D eigenvalue weighted by atomic mass is 9.98. The van der Waals surface area contributed by atoms with Gasteiger partial charge >= 0.3 is 6.09 Å². The van der Waals surface area contributed by atoms with Crippen LogP contribution in [-0.2, 0) is 4.74 Å². The molecule has 2 aliphatic rings. The fraction of sp³-hybridized carbons (Fsp3) is 0.350. The maximum absolute atomic E-state index is 12.1. The van der Waals surface area contributed by atoms with Crippen molar-refractivity contribution in [3.8, 4) is 11.1 Å². The molecule has 0 bridgehead atoms. The van der Waals surface area contributed by atoms with Crippen molar-refractivity contribution in [2.45, 2.75) is 24.8 Å². The lowest BCUT2D eigenvalue weighted by Crippen LogP contribution is -2.87. The van der Waals surface area contributed by atoms with Gasteiger partial charge in [0.25, 0.3) is 0 Å². The molecule has 0 unspecified atom stereocenters. The highest BCUT2D eigenvalue weighted by molar-refractivity contribution is 5.79. The summed E-state index contributed by atoms with van der Waals surface area (Å²) in [7, 11) is 0. The summed E-state index contributed by atoms with van der Waals surface area (Å²) in [6.45, 7) is 2.54. The molecule has 1 heterocycles. The van der Waals surface area contributed by atoms with Crippen LogP contribution >= 0.6 is 0 Å². The highest BCUT2D eigenvalue weighted by Gasteiger charge is 2.29. The van der Waals surface area contributed by atoms with Crippen molar-refractivity contribution in [1.82, 2.24) is 5.32 Å². The molecular weight excluding hydrogens is 300 g/mol. The Morgan fingerprint density at radius 3 is 2.21 bits per heavy atom. The van der Waals surface area contributed by atoms with E-state index in [1.165, 1.54) is 22.3 Å². The summed E-state index contributed by atoms with van der Waals surface area (Å²) in [5, 5.41) is 5.30. The Balaban J connectivity index is 1.45. The van der Waals surface area contributed by atoms with Crippen molar-refractivity contribution >= 4 is 6.09 Å². The molecule has 2 aromatic carbocycles. The van der Waals surface area contributed by atoms with Crippen molar-refractivity contribution < 1.29 is 14.8 Å². The van der Waals surface area contributed by atoms with E-state index in [2.05, 4.69) is 59.2 Å². The van der Waals surface area contributed by atoms with Crippen molar-refractivity contribution in [1.29, 1.82) is 0 Å². The fourth-order valence-corrected chi connectivity index (χ4v) is 3.88. The molecule has 0 spiro atoms. The van der Waals surface area contributed by atoms with Crippen LogP contribution in [0.5, 0.6) is 0 Å². The lowest BCUT2D eigenvalue weighted by molar-refractivity contribution is -0.663. The molecule has 4 nitrogen and oxygen atoms in total. The van der Waals surface area contributed by atoms with E-state index in [-0.39, 0.29) is 18.1 Å². The number of rotatable bonds is 3. The summed E-state index contributed by atoms with van der Waals surface area (Å²) in [4.78, 5) is 12.1. The van der Waals surface area contributed by atoms with Crippen LogP contribution in [0, 0.1) is 0 Å². The van der Waals surface area contributed by atoms with E-state index in [0.29, 0.717) is 6.61 Å². The second-order valence-electron chi connectivity index (χ2n) is 6.61. The smallest absolute Gasteiger partial charge is 0.407 e. The number of hydrogen-bond donors (Lipinski definition) is 2. The van der Waals surface area contributed by atoms with Gasteiger partial charge in [-0.15, -0.1) is 0 Å². The largest absolute Gasteiger partial charge is 0.449 e. The number of amides is 1. The topological polar surface area (TPSA) is 54.9 Å². The average Bonchev–Trinajstić information content (AvgIpc) is 2.95. The zero-order valence-electron chi connectivity index (χ0n) is 13.7. The molecule has 0 radical (unpaired) electrons. The van der Waals surface area contributed by atoms with Crippen molar-refractivity contribution in [2.75, 3.05) is 19.7 Å². The average molecular weight is 323 g/mol. The molecule has 0 aromatic heterocycles. The van der Waals surface area contributed by atoms with Gasteiger partial charge in [-0.1, -0.05) is 48.5 Å². The van der Waals surface area contributed by atoms with Crippen LogP contribution in [0.3, 0.4) is 0 Å². The van der Waals surface area contributed by atoms with Crippen molar-refractivity contribution in [3.05, 3.63) is 59.7 Å². The number of fused-ring (bicyclic) bond motifs is 3. The Kier molecular flexibility index (Phi) is 4.22. The summed E-state index contributed by atoms with van der Waals surface area (Å²) in [6.07, 6.45) is 1.75. The summed E-state index contributed by atoms with van der Waals surface area (Å²) < 4.78 is 5.58. The first kappa shape index (κ1) is 15.2. The molecule has 3 N–H and O–H groups in total. The lowest BCUT2D eigenvalue weighted by Gasteiger charge is -2.22. The van der Waals surface area contributed by atoms with E-state index in [1.54, 1.807) is 0 Å². The first-order chi connectivity index (χ1) is 11.8. The molecule has 1 aliphatic heterocycles. The third kappa shape index (κ3) is 2.89. The zero-order valence-corrected chi connectivity index (χ0v) is 13.7. The first-order valence-corrected chi connectivity index (χ1v) is 8.76. The Morgan fingerprint density at radius 2 is 1.58 bits per heavy atom. The normalized spacial score (nSPS) is 17.2. The molecule has 0 saturated carbocycles. The second kappa shape index (κ2) is 6.65. The van der Waals surface area contributed by atoms with Crippen molar-refractivity contribution in [2.24, 2.45) is 0 Å². The Bertz CT molecular complexity index is 692. The number of nitrogens with two attached hydrogens (primary N) is 1. The summed E-state index contributed by atoms with van der Waals surface area (Å²) >= 11 is 0. The van der Waals surface area contributed by atoms with Gasteiger partial charge in [-0.25, -0.2) is 4.79 Å². The van der Waals surface area contributed by atoms with Gasteiger partial charge in [0, 0.05) is 24.8 Å². The van der Waals surface area contributed by atoms with Gasteiger partial charge in [-0.2, -0.15) is 0 Å². The predicted octanol–water partition coefficient (Wildman–Crippen LogP) is 2.25. The number of benzene rings is 2. The molecule has 1 amide bonds. The number of alkyl carbamates (subject to hydrolysis) is 1. The van der Waals surface area contributed by atoms with Crippen LogP contribution < -0.4 is 10.6 Å². The van der Waals surface area contributed by atoms with Crippen LogP contribution in [0.4, 0.5) is 4.79 Å². The molecule has 2 aromatic rings. The monoisotopic (exact) mass is 323 g/mol. The minimum atomic E-state index is -0.288. The van der Waals surface area contributed by atoms with Gasteiger partial charge in [0.2, 0.25) is 0 Å². The standard InChI is InChI=1S/C20H22N2O2/c23-20(22-14-9-11-21-12-10-14)24-13-19-17-7-3-1-5-15(17)16-6-2-4-8-18(16)19/h1-8,14,19,21H,9-13H2,(H,22,23)/p+1. The van der Waals surface area contributed by atoms with Crippen molar-refractivity contribution in [3.63, 3.8) is 0 Å². The van der Waals surface area contributed by atoms with E-state index >= 15 is 0 Å². The fourth-order valence-electron chi connectivity index (χ4n) is 3.88. The first-order valence-electron chi connectivity index (χ1n) is 8.76. The third-order valence-electron chi connectivity index (χ3n) is 5.10. The quantitative estimate of drug-likeness (QED) is 0.910. The minimum Gasteiger partial charge on any atom is -0.449 e. The summed E-state index contributed by atoms with van der Waals surface area (Å²) in [6, 6.07) is 17.0. The zero-order chi connectivity index (χ0) is 16.4. The van der Waals surface area contributed by atoms with Gasteiger partial charge in [-0.3, -0.25) is 0 Å². The van der Waals surface area contributed by atoms with E-state index < -0.39 is 0 Å². The third-order valence-corrected chi connectivity index (χ3v) is 5.10. The van der Waals surface area contributed by atoms with Gasteiger partial charge < -0.3 is 15.4 Å². The maximum atomic E-state index is 12.1. The van der Waals surface area contributed by atoms with Crippen LogP contribution in [-0.4, -0.2) is 31.8 Å². The van der Waals surface area contributed by atoms with E-state index in [4.69, 9.17) is 4.74 Å². The summed E-state index contributed by atoms with van der Waals surface area (Å²) in [5.41, 5.74) is 5.01. The molecule has 4 rings (SSSR count). The maximum Gasteiger partial charge on any atom is 0.407 e. The molecule has 4 heteroatoms. The van der Waals surface area contributed by atoms with Crippen LogP contribution in [0.25, 0.3) is 11.1 Å². The van der Waals surface area contributed by atoms with E-state index in [1.807, 2.05) is 0 Å². The number of quaternary nitrogens is 1. The number of piperidine rings is 1. The molecule has 124 valence electrons. The predicted molar refractivity (Wildman–Crippen MR) is 92.9 cm³/mol. The van der Waals surface area contributed by atoms with Gasteiger partial charge in [-0.05, 0) is 22.3 Å². The number of nitrogens with one attached hydrogen (secondary N) is 1. The van der Waals surface area contributed by atoms with E-state index in [0.717, 1.165) is 25.9 Å². The molecule has 0 atom stereocenters. The molecule has 24 heavy (non-hydrogen) atoms. The SMILES string of the molecule is O=C(NC1CC[NH2+]CC1)OCC1c2ccccc2-c2ccccc21. The Morgan fingerprint density at radius 1 is 1.00 bits per heavy atom. The van der Waals surface area contributed by atoms with Gasteiger partial charge in [0.05, 0.1) is 13.1 Å². The Labute approximate surface area is 142 Å². The molecule has 1 fully saturated rings. The van der Waals surface area contributed by atoms with Gasteiger partial charge in [0.1, 0.15) is 6.61 Å². The number of carbonyl (C=O) groups is 1. The number of carbonyl (C=O) groups excluding carboxylic acids is 1. The van der Waals surface area contributed by atoms with Crippen LogP contribution in [0.2, 0.25) is 0 Å².